The average molecular weight is 193 g/mol. The van der Waals surface area contributed by atoms with Crippen LogP contribution in [0.1, 0.15) is 12.5 Å². The van der Waals surface area contributed by atoms with Gasteiger partial charge >= 0.3 is 0 Å². The largest absolute Gasteiger partial charge is 0.478 e. The van der Waals surface area contributed by atoms with Gasteiger partial charge < -0.3 is 9.84 Å². The molecule has 0 saturated heterocycles. The van der Waals surface area contributed by atoms with Gasteiger partial charge in [0, 0.05) is 18.2 Å². The normalized spacial score (nSPS) is 18.4. The second kappa shape index (κ2) is 3.98. The number of aliphatic hydroxyl groups is 1. The molecule has 1 aromatic carbocycles. The molecule has 3 heteroatoms. The van der Waals surface area contributed by atoms with Gasteiger partial charge in [-0.05, 0) is 13.0 Å². The molecule has 1 heterocycles. The maximum Gasteiger partial charge on any atom is 0.142 e. The van der Waals surface area contributed by atoms with Gasteiger partial charge in [-0.2, -0.15) is 0 Å². The molecule has 76 valence electrons. The summed E-state index contributed by atoms with van der Waals surface area (Å²) in [4.78, 5) is 2.11. The fraction of sp³-hybridized carbons (Fsp3) is 0.455. The van der Waals surface area contributed by atoms with E-state index in [1.54, 1.807) is 0 Å². The number of ether oxygens (including phenoxy) is 1. The lowest BCUT2D eigenvalue weighted by Crippen LogP contribution is -2.40. The third-order valence-corrected chi connectivity index (χ3v) is 2.62. The number of hydrogen-bond donors (Lipinski definition) is 1. The summed E-state index contributed by atoms with van der Waals surface area (Å²) in [7, 11) is 0. The summed E-state index contributed by atoms with van der Waals surface area (Å²) in [6, 6.07) is 8.18. The Hall–Kier alpha value is -1.06. The number of hydrogen-bond acceptors (Lipinski definition) is 3. The van der Waals surface area contributed by atoms with E-state index in [4.69, 9.17) is 9.84 Å². The van der Waals surface area contributed by atoms with Crippen LogP contribution in [0.25, 0.3) is 0 Å². The van der Waals surface area contributed by atoms with Gasteiger partial charge in [0.25, 0.3) is 0 Å². The fourth-order valence-electron chi connectivity index (χ4n) is 1.59. The highest BCUT2D eigenvalue weighted by Gasteiger charge is 2.20. The Morgan fingerprint density at radius 1 is 1.50 bits per heavy atom. The van der Waals surface area contributed by atoms with Crippen LogP contribution in [0.5, 0.6) is 5.75 Å². The van der Waals surface area contributed by atoms with Crippen LogP contribution in [0.15, 0.2) is 24.3 Å². The third kappa shape index (κ3) is 1.74. The summed E-state index contributed by atoms with van der Waals surface area (Å²) in [6.07, 6.45) is 0. The molecular weight excluding hydrogens is 178 g/mol. The van der Waals surface area contributed by atoms with E-state index in [-0.39, 0.29) is 12.6 Å². The second-order valence-electron chi connectivity index (χ2n) is 3.66. The summed E-state index contributed by atoms with van der Waals surface area (Å²) in [5.41, 5.74) is 1.19. The van der Waals surface area contributed by atoms with Crippen LogP contribution in [0.4, 0.5) is 0 Å². The quantitative estimate of drug-likeness (QED) is 0.766. The SMILES string of the molecule is CC(CO)N1COc2ccccc2C1. The van der Waals surface area contributed by atoms with Gasteiger partial charge in [0.2, 0.25) is 0 Å². The van der Waals surface area contributed by atoms with Crippen molar-refractivity contribution in [2.24, 2.45) is 0 Å². The van der Waals surface area contributed by atoms with Gasteiger partial charge in [-0.25, -0.2) is 0 Å². The molecule has 0 radical (unpaired) electrons. The molecule has 1 unspecified atom stereocenters. The van der Waals surface area contributed by atoms with Crippen LogP contribution in [-0.2, 0) is 6.54 Å². The van der Waals surface area contributed by atoms with Crippen LogP contribution in [0, 0.1) is 0 Å². The number of fused-ring (bicyclic) bond motifs is 1. The van der Waals surface area contributed by atoms with E-state index >= 15 is 0 Å². The predicted molar refractivity (Wildman–Crippen MR) is 54.0 cm³/mol. The molecule has 0 bridgehead atoms. The molecular formula is C11H15NO2. The number of nitrogens with zero attached hydrogens (tertiary/aromatic N) is 1. The van der Waals surface area contributed by atoms with E-state index in [2.05, 4.69) is 11.0 Å². The van der Waals surface area contributed by atoms with Gasteiger partial charge in [0.05, 0.1) is 6.61 Å². The molecule has 1 aliphatic rings. The van der Waals surface area contributed by atoms with E-state index in [9.17, 15) is 0 Å². The van der Waals surface area contributed by atoms with Crippen LogP contribution in [0.2, 0.25) is 0 Å². The first-order chi connectivity index (χ1) is 6.81. The molecule has 3 nitrogen and oxygen atoms in total. The Morgan fingerprint density at radius 3 is 3.07 bits per heavy atom. The second-order valence-corrected chi connectivity index (χ2v) is 3.66. The minimum absolute atomic E-state index is 0.156. The molecule has 0 spiro atoms. The molecule has 0 aromatic heterocycles. The number of benzene rings is 1. The number of rotatable bonds is 2. The summed E-state index contributed by atoms with van der Waals surface area (Å²) in [6.45, 7) is 3.60. The van der Waals surface area contributed by atoms with Gasteiger partial charge in [0.1, 0.15) is 12.5 Å². The summed E-state index contributed by atoms with van der Waals surface area (Å²) in [5.74, 6) is 0.967. The minimum Gasteiger partial charge on any atom is -0.478 e. The smallest absolute Gasteiger partial charge is 0.142 e. The van der Waals surface area contributed by atoms with Crippen molar-refractivity contribution in [1.82, 2.24) is 4.90 Å². The standard InChI is InChI=1S/C11H15NO2/c1-9(7-13)12-6-10-4-2-3-5-11(10)14-8-12/h2-5,9,13H,6-8H2,1H3. The molecule has 0 saturated carbocycles. The molecule has 2 rings (SSSR count). The predicted octanol–water partition coefficient (Wildman–Crippen LogP) is 1.22. The van der Waals surface area contributed by atoms with Gasteiger partial charge in [-0.15, -0.1) is 0 Å². The van der Waals surface area contributed by atoms with Crippen LogP contribution >= 0.6 is 0 Å². The van der Waals surface area contributed by atoms with E-state index < -0.39 is 0 Å². The lowest BCUT2D eigenvalue weighted by atomic mass is 10.1. The lowest BCUT2D eigenvalue weighted by molar-refractivity contribution is 0.0375. The van der Waals surface area contributed by atoms with E-state index in [1.165, 1.54) is 5.56 Å². The Morgan fingerprint density at radius 2 is 2.29 bits per heavy atom. The minimum atomic E-state index is 0.156. The molecule has 1 aliphatic heterocycles. The zero-order valence-electron chi connectivity index (χ0n) is 8.31. The van der Waals surface area contributed by atoms with Gasteiger partial charge in [-0.1, -0.05) is 18.2 Å². The first-order valence-corrected chi connectivity index (χ1v) is 4.87. The van der Waals surface area contributed by atoms with E-state index in [1.807, 2.05) is 25.1 Å². The zero-order chi connectivity index (χ0) is 9.97. The van der Waals surface area contributed by atoms with Crippen molar-refractivity contribution in [2.75, 3.05) is 13.3 Å². The third-order valence-electron chi connectivity index (χ3n) is 2.62. The monoisotopic (exact) mass is 193 g/mol. The van der Waals surface area contributed by atoms with Crippen LogP contribution in [0.3, 0.4) is 0 Å². The highest BCUT2D eigenvalue weighted by Crippen LogP contribution is 2.24. The van der Waals surface area contributed by atoms with Crippen molar-refractivity contribution >= 4 is 0 Å². The van der Waals surface area contributed by atoms with Gasteiger partial charge in [-0.3, -0.25) is 4.90 Å². The molecule has 0 aliphatic carbocycles. The van der Waals surface area contributed by atoms with Crippen LogP contribution in [-0.4, -0.2) is 29.4 Å². The fourth-order valence-corrected chi connectivity index (χ4v) is 1.59. The van der Waals surface area contributed by atoms with E-state index in [0.717, 1.165) is 12.3 Å². The molecule has 1 N–H and O–H groups in total. The van der Waals surface area contributed by atoms with Crippen molar-refractivity contribution in [2.45, 2.75) is 19.5 Å². The van der Waals surface area contributed by atoms with Crippen molar-refractivity contribution in [3.8, 4) is 5.75 Å². The highest BCUT2D eigenvalue weighted by molar-refractivity contribution is 5.34. The molecule has 1 atom stereocenters. The van der Waals surface area contributed by atoms with Crippen molar-refractivity contribution in [3.05, 3.63) is 29.8 Å². The Labute approximate surface area is 83.9 Å². The maximum absolute atomic E-state index is 9.04. The van der Waals surface area contributed by atoms with Crippen molar-refractivity contribution in [3.63, 3.8) is 0 Å². The topological polar surface area (TPSA) is 32.7 Å². The van der Waals surface area contributed by atoms with Gasteiger partial charge in [0.15, 0.2) is 0 Å². The maximum atomic E-state index is 9.04. The number of aliphatic hydroxyl groups excluding tert-OH is 1. The van der Waals surface area contributed by atoms with E-state index in [0.29, 0.717) is 6.73 Å². The first-order valence-electron chi connectivity index (χ1n) is 4.87. The summed E-state index contributed by atoms with van der Waals surface area (Å²) < 4.78 is 5.57. The Kier molecular flexibility index (Phi) is 2.70. The highest BCUT2D eigenvalue weighted by atomic mass is 16.5. The Balaban J connectivity index is 2.13. The number of para-hydroxylation sites is 1. The average Bonchev–Trinajstić information content (AvgIpc) is 2.27. The van der Waals surface area contributed by atoms with Crippen molar-refractivity contribution in [1.29, 1.82) is 0 Å². The summed E-state index contributed by atoms with van der Waals surface area (Å²) >= 11 is 0. The molecule has 14 heavy (non-hydrogen) atoms. The molecule has 0 amide bonds. The molecule has 0 fully saturated rings. The first kappa shape index (κ1) is 9.49. The van der Waals surface area contributed by atoms with Crippen molar-refractivity contribution < 1.29 is 9.84 Å². The zero-order valence-corrected chi connectivity index (χ0v) is 8.31. The Bertz CT molecular complexity index is 314. The lowest BCUT2D eigenvalue weighted by Gasteiger charge is -2.32. The molecule has 1 aromatic rings. The summed E-state index contributed by atoms with van der Waals surface area (Å²) in [5, 5.41) is 9.04. The van der Waals surface area contributed by atoms with Crippen LogP contribution < -0.4 is 4.74 Å².